The minimum absolute atomic E-state index is 0.361. The molecule has 1 atom stereocenters. The van der Waals surface area contributed by atoms with Crippen LogP contribution in [0.3, 0.4) is 0 Å². The molecule has 0 aliphatic rings. The van der Waals surface area contributed by atoms with Crippen molar-refractivity contribution in [1.82, 2.24) is 15.0 Å². The molecule has 0 aliphatic carbocycles. The topological polar surface area (TPSA) is 57.0 Å². The molecule has 1 aromatic rings. The predicted molar refractivity (Wildman–Crippen MR) is 51.2 cm³/mol. The van der Waals surface area contributed by atoms with Crippen molar-refractivity contribution >= 4 is 6.29 Å². The van der Waals surface area contributed by atoms with Crippen LogP contribution in [0, 0.1) is 12.8 Å². The van der Waals surface area contributed by atoms with Gasteiger partial charge in [0.25, 0.3) is 0 Å². The molecule has 0 aromatic carbocycles. The second-order valence-corrected chi connectivity index (χ2v) is 3.42. The van der Waals surface area contributed by atoms with Crippen LogP contribution in [0.15, 0.2) is 0 Å². The van der Waals surface area contributed by atoms with Gasteiger partial charge in [-0.1, -0.05) is 12.1 Å². The Morgan fingerprint density at radius 3 is 2.86 bits per heavy atom. The minimum atomic E-state index is 0.361. The molecular weight excluding hydrogens is 182 g/mol. The number of rotatable bonds is 5. The summed E-state index contributed by atoms with van der Waals surface area (Å²) in [6.07, 6.45) is 0.722. The van der Waals surface area contributed by atoms with E-state index in [2.05, 4.69) is 17.2 Å². The first-order valence-electron chi connectivity index (χ1n) is 4.53. The number of aldehydes is 1. The Kier molecular flexibility index (Phi) is 3.76. The van der Waals surface area contributed by atoms with Gasteiger partial charge in [0.15, 0.2) is 6.29 Å². The Labute approximate surface area is 83.1 Å². The number of ether oxygens (including phenoxy) is 1. The van der Waals surface area contributed by atoms with Gasteiger partial charge in [0.05, 0.1) is 12.3 Å². The Morgan fingerprint density at radius 2 is 2.36 bits per heavy atom. The van der Waals surface area contributed by atoms with Crippen LogP contribution in [0.5, 0.6) is 0 Å². The Balaban J connectivity index is 2.67. The summed E-state index contributed by atoms with van der Waals surface area (Å²) in [4.78, 5) is 10.5. The van der Waals surface area contributed by atoms with E-state index in [0.717, 1.165) is 18.5 Å². The van der Waals surface area contributed by atoms with E-state index in [0.29, 0.717) is 18.2 Å². The fourth-order valence-corrected chi connectivity index (χ4v) is 1.29. The van der Waals surface area contributed by atoms with Gasteiger partial charge in [-0.15, -0.1) is 5.10 Å². The Morgan fingerprint density at radius 1 is 1.64 bits per heavy atom. The molecule has 1 heterocycles. The molecule has 0 N–H and O–H groups in total. The monoisotopic (exact) mass is 197 g/mol. The summed E-state index contributed by atoms with van der Waals surface area (Å²) < 4.78 is 6.75. The van der Waals surface area contributed by atoms with E-state index < -0.39 is 0 Å². The number of nitrogens with zero attached hydrogens (tertiary/aromatic N) is 3. The third-order valence-corrected chi connectivity index (χ3v) is 2.07. The lowest BCUT2D eigenvalue weighted by atomic mass is 10.2. The number of aromatic nitrogens is 3. The van der Waals surface area contributed by atoms with Gasteiger partial charge in [0, 0.05) is 13.7 Å². The highest BCUT2D eigenvalue weighted by atomic mass is 16.5. The average Bonchev–Trinajstić information content (AvgIpc) is 2.48. The van der Waals surface area contributed by atoms with Crippen LogP contribution < -0.4 is 0 Å². The van der Waals surface area contributed by atoms with Crippen LogP contribution in [0.25, 0.3) is 0 Å². The van der Waals surface area contributed by atoms with Gasteiger partial charge >= 0.3 is 0 Å². The van der Waals surface area contributed by atoms with E-state index >= 15 is 0 Å². The summed E-state index contributed by atoms with van der Waals surface area (Å²) in [6.45, 7) is 5.30. The molecule has 0 saturated heterocycles. The smallest absolute Gasteiger partial charge is 0.172 e. The van der Waals surface area contributed by atoms with E-state index in [1.54, 1.807) is 11.8 Å². The first-order valence-corrected chi connectivity index (χ1v) is 4.53. The maximum atomic E-state index is 10.5. The van der Waals surface area contributed by atoms with Crippen LogP contribution in [0.4, 0.5) is 0 Å². The van der Waals surface area contributed by atoms with Crippen molar-refractivity contribution in [3.05, 3.63) is 11.4 Å². The summed E-state index contributed by atoms with van der Waals surface area (Å²) in [6, 6.07) is 0. The maximum Gasteiger partial charge on any atom is 0.172 e. The predicted octanol–water partition coefficient (Wildman–Crippen LogP) is 0.682. The largest absolute Gasteiger partial charge is 0.384 e. The molecule has 14 heavy (non-hydrogen) atoms. The molecule has 0 fully saturated rings. The van der Waals surface area contributed by atoms with Crippen molar-refractivity contribution in [2.24, 2.45) is 5.92 Å². The standard InChI is InChI=1S/C9H15N3O2/c1-7(6-14-3)4-12-8(2)9(5-13)10-11-12/h5,7H,4,6H2,1-3H3. The lowest BCUT2D eigenvalue weighted by Crippen LogP contribution is -2.14. The van der Waals surface area contributed by atoms with Crippen molar-refractivity contribution in [2.75, 3.05) is 13.7 Å². The van der Waals surface area contributed by atoms with Crippen LogP contribution in [-0.2, 0) is 11.3 Å². The molecular formula is C9H15N3O2. The number of carbonyl (C=O) groups is 1. The van der Waals surface area contributed by atoms with E-state index in [9.17, 15) is 4.79 Å². The van der Waals surface area contributed by atoms with E-state index in [1.807, 2.05) is 6.92 Å². The lowest BCUT2D eigenvalue weighted by molar-refractivity contribution is 0.111. The summed E-state index contributed by atoms with van der Waals surface area (Å²) in [5, 5.41) is 7.64. The zero-order chi connectivity index (χ0) is 10.6. The molecule has 0 amide bonds. The normalized spacial score (nSPS) is 12.8. The maximum absolute atomic E-state index is 10.5. The summed E-state index contributed by atoms with van der Waals surface area (Å²) in [5.74, 6) is 0.361. The summed E-state index contributed by atoms with van der Waals surface area (Å²) >= 11 is 0. The van der Waals surface area contributed by atoms with Gasteiger partial charge in [-0.25, -0.2) is 4.68 Å². The van der Waals surface area contributed by atoms with Crippen molar-refractivity contribution < 1.29 is 9.53 Å². The van der Waals surface area contributed by atoms with Crippen LogP contribution in [0.1, 0.15) is 23.1 Å². The average molecular weight is 197 g/mol. The highest BCUT2D eigenvalue weighted by molar-refractivity contribution is 5.72. The second-order valence-electron chi connectivity index (χ2n) is 3.42. The first-order chi connectivity index (χ1) is 6.69. The molecule has 5 nitrogen and oxygen atoms in total. The van der Waals surface area contributed by atoms with Gasteiger partial charge in [-0.05, 0) is 12.8 Å². The van der Waals surface area contributed by atoms with Crippen LogP contribution in [-0.4, -0.2) is 35.0 Å². The summed E-state index contributed by atoms with van der Waals surface area (Å²) in [7, 11) is 1.67. The number of hydrogen-bond donors (Lipinski definition) is 0. The molecule has 0 saturated carbocycles. The molecule has 1 rings (SSSR count). The van der Waals surface area contributed by atoms with Crippen LogP contribution in [0.2, 0.25) is 0 Å². The lowest BCUT2D eigenvalue weighted by Gasteiger charge is -2.10. The fourth-order valence-electron chi connectivity index (χ4n) is 1.29. The molecule has 0 spiro atoms. The molecule has 78 valence electrons. The highest BCUT2D eigenvalue weighted by Crippen LogP contribution is 2.05. The molecule has 0 radical (unpaired) electrons. The van der Waals surface area contributed by atoms with E-state index in [4.69, 9.17) is 4.74 Å². The van der Waals surface area contributed by atoms with E-state index in [-0.39, 0.29) is 0 Å². The van der Waals surface area contributed by atoms with Crippen LogP contribution >= 0.6 is 0 Å². The molecule has 0 aliphatic heterocycles. The quantitative estimate of drug-likeness (QED) is 0.651. The molecule has 5 heteroatoms. The zero-order valence-corrected chi connectivity index (χ0v) is 8.73. The number of hydrogen-bond acceptors (Lipinski definition) is 4. The minimum Gasteiger partial charge on any atom is -0.384 e. The third-order valence-electron chi connectivity index (χ3n) is 2.07. The molecule has 1 unspecified atom stereocenters. The Bertz CT molecular complexity index is 309. The van der Waals surface area contributed by atoms with Crippen molar-refractivity contribution in [3.8, 4) is 0 Å². The van der Waals surface area contributed by atoms with Gasteiger partial charge < -0.3 is 4.74 Å². The highest BCUT2D eigenvalue weighted by Gasteiger charge is 2.10. The van der Waals surface area contributed by atoms with Gasteiger partial charge in [0.1, 0.15) is 5.69 Å². The van der Waals surface area contributed by atoms with Crippen molar-refractivity contribution in [2.45, 2.75) is 20.4 Å². The molecule has 0 bridgehead atoms. The van der Waals surface area contributed by atoms with Crippen molar-refractivity contribution in [3.63, 3.8) is 0 Å². The second kappa shape index (κ2) is 4.85. The molecule has 1 aromatic heterocycles. The van der Waals surface area contributed by atoms with Crippen molar-refractivity contribution in [1.29, 1.82) is 0 Å². The van der Waals surface area contributed by atoms with E-state index in [1.165, 1.54) is 0 Å². The SMILES string of the molecule is COCC(C)Cn1nnc(C=O)c1C. The third kappa shape index (κ3) is 2.38. The number of carbonyl (C=O) groups excluding carboxylic acids is 1. The fraction of sp³-hybridized carbons (Fsp3) is 0.667. The van der Waals surface area contributed by atoms with Gasteiger partial charge in [0.2, 0.25) is 0 Å². The zero-order valence-electron chi connectivity index (χ0n) is 8.73. The van der Waals surface area contributed by atoms with Gasteiger partial charge in [-0.2, -0.15) is 0 Å². The van der Waals surface area contributed by atoms with Gasteiger partial charge in [-0.3, -0.25) is 4.79 Å². The first kappa shape index (κ1) is 10.8. The summed E-state index contributed by atoms with van der Waals surface area (Å²) in [5.41, 5.74) is 1.22. The Hall–Kier alpha value is -1.23. The number of methoxy groups -OCH3 is 1.